The van der Waals surface area contributed by atoms with Crippen LogP contribution < -0.4 is 15.8 Å². The number of hydrogen-bond acceptors (Lipinski definition) is 3. The van der Waals surface area contributed by atoms with Crippen molar-refractivity contribution in [2.24, 2.45) is 5.73 Å². The summed E-state index contributed by atoms with van der Waals surface area (Å²) in [6, 6.07) is 7.04. The molecule has 1 saturated carbocycles. The minimum atomic E-state index is -0.178. The molecule has 3 N–H and O–H groups in total. The minimum Gasteiger partial charge on any atom is -0.497 e. The largest absolute Gasteiger partial charge is 0.497 e. The van der Waals surface area contributed by atoms with Crippen molar-refractivity contribution in [1.29, 1.82) is 0 Å². The Morgan fingerprint density at radius 1 is 1.41 bits per heavy atom. The third-order valence-corrected chi connectivity index (χ3v) is 3.30. The molecule has 1 aliphatic carbocycles. The molecule has 4 heteroatoms. The fourth-order valence-corrected chi connectivity index (χ4v) is 1.91. The average molecular weight is 234 g/mol. The fourth-order valence-electron chi connectivity index (χ4n) is 1.91. The molecule has 0 radical (unpaired) electrons. The van der Waals surface area contributed by atoms with Crippen molar-refractivity contribution < 1.29 is 9.53 Å². The number of ether oxygens (including phenoxy) is 1. The lowest BCUT2D eigenvalue weighted by atomic mass is 9.78. The Bertz CT molecular complexity index is 396. The van der Waals surface area contributed by atoms with Gasteiger partial charge in [0.1, 0.15) is 5.75 Å². The van der Waals surface area contributed by atoms with Gasteiger partial charge < -0.3 is 15.8 Å². The molecule has 1 aliphatic rings. The van der Waals surface area contributed by atoms with E-state index >= 15 is 0 Å². The smallest absolute Gasteiger partial charge is 0.251 e. The second kappa shape index (κ2) is 4.75. The maximum Gasteiger partial charge on any atom is 0.251 e. The van der Waals surface area contributed by atoms with Crippen LogP contribution in [-0.2, 0) is 0 Å². The van der Waals surface area contributed by atoms with Gasteiger partial charge >= 0.3 is 0 Å². The van der Waals surface area contributed by atoms with Crippen LogP contribution in [0.25, 0.3) is 0 Å². The molecule has 0 bridgehead atoms. The number of benzene rings is 1. The number of rotatable bonds is 4. The highest BCUT2D eigenvalue weighted by Crippen LogP contribution is 2.28. The molecular weight excluding hydrogens is 216 g/mol. The number of amides is 1. The van der Waals surface area contributed by atoms with Crippen molar-refractivity contribution in [3.63, 3.8) is 0 Å². The van der Waals surface area contributed by atoms with Crippen molar-refractivity contribution in [2.75, 3.05) is 13.7 Å². The van der Waals surface area contributed by atoms with E-state index in [0.29, 0.717) is 12.1 Å². The molecule has 17 heavy (non-hydrogen) atoms. The highest BCUT2D eigenvalue weighted by molar-refractivity contribution is 5.94. The lowest BCUT2D eigenvalue weighted by molar-refractivity contribution is 0.0930. The van der Waals surface area contributed by atoms with Gasteiger partial charge in [-0.1, -0.05) is 0 Å². The Morgan fingerprint density at radius 3 is 2.53 bits per heavy atom. The Labute approximate surface area is 101 Å². The third kappa shape index (κ3) is 2.77. The molecule has 0 aliphatic heterocycles. The average Bonchev–Trinajstić information content (AvgIpc) is 2.33. The van der Waals surface area contributed by atoms with Gasteiger partial charge in [-0.2, -0.15) is 0 Å². The van der Waals surface area contributed by atoms with Crippen LogP contribution in [0.1, 0.15) is 29.6 Å². The zero-order valence-corrected chi connectivity index (χ0v) is 10.0. The predicted octanol–water partition coefficient (Wildman–Crippen LogP) is 1.31. The van der Waals surface area contributed by atoms with Gasteiger partial charge in [0.2, 0.25) is 0 Å². The molecule has 1 aromatic carbocycles. The van der Waals surface area contributed by atoms with Crippen LogP contribution in [-0.4, -0.2) is 25.1 Å². The number of carbonyl (C=O) groups is 1. The van der Waals surface area contributed by atoms with E-state index in [0.717, 1.165) is 25.0 Å². The van der Waals surface area contributed by atoms with Gasteiger partial charge in [0.05, 0.1) is 7.11 Å². The van der Waals surface area contributed by atoms with Crippen LogP contribution in [0.4, 0.5) is 0 Å². The molecule has 0 heterocycles. The molecule has 0 spiro atoms. The van der Waals surface area contributed by atoms with Gasteiger partial charge in [0.15, 0.2) is 0 Å². The maximum atomic E-state index is 11.8. The van der Waals surface area contributed by atoms with Gasteiger partial charge in [0.25, 0.3) is 5.91 Å². The second-order valence-corrected chi connectivity index (χ2v) is 4.63. The summed E-state index contributed by atoms with van der Waals surface area (Å²) in [5, 5.41) is 2.87. The van der Waals surface area contributed by atoms with Crippen LogP contribution >= 0.6 is 0 Å². The summed E-state index contributed by atoms with van der Waals surface area (Å²) in [6.45, 7) is 0.553. The Morgan fingerprint density at radius 2 is 2.06 bits per heavy atom. The van der Waals surface area contributed by atoms with E-state index in [1.54, 1.807) is 31.4 Å². The molecule has 1 amide bonds. The van der Waals surface area contributed by atoms with Gasteiger partial charge in [-0.05, 0) is 43.5 Å². The van der Waals surface area contributed by atoms with E-state index in [1.165, 1.54) is 0 Å². The molecule has 4 nitrogen and oxygen atoms in total. The summed E-state index contributed by atoms with van der Waals surface area (Å²) in [5.41, 5.74) is 6.49. The van der Waals surface area contributed by atoms with Crippen LogP contribution in [0, 0.1) is 0 Å². The zero-order chi connectivity index (χ0) is 12.3. The molecule has 92 valence electrons. The van der Waals surface area contributed by atoms with Gasteiger partial charge in [-0.3, -0.25) is 4.79 Å². The topological polar surface area (TPSA) is 64.3 Å². The lowest BCUT2D eigenvalue weighted by Gasteiger charge is -2.38. The SMILES string of the molecule is COc1ccc(C(=O)NCC2(N)CCC2)cc1. The van der Waals surface area contributed by atoms with Crippen molar-refractivity contribution in [3.8, 4) is 5.75 Å². The molecule has 1 fully saturated rings. The van der Waals surface area contributed by atoms with E-state index in [9.17, 15) is 4.79 Å². The first-order valence-electron chi connectivity index (χ1n) is 5.84. The first-order valence-corrected chi connectivity index (χ1v) is 5.84. The van der Waals surface area contributed by atoms with Crippen molar-refractivity contribution in [3.05, 3.63) is 29.8 Å². The Kier molecular flexibility index (Phi) is 3.33. The summed E-state index contributed by atoms with van der Waals surface area (Å²) in [4.78, 5) is 11.8. The highest BCUT2D eigenvalue weighted by atomic mass is 16.5. The monoisotopic (exact) mass is 234 g/mol. The quantitative estimate of drug-likeness (QED) is 0.825. The van der Waals surface area contributed by atoms with Crippen LogP contribution in [0.3, 0.4) is 0 Å². The van der Waals surface area contributed by atoms with Crippen molar-refractivity contribution in [2.45, 2.75) is 24.8 Å². The third-order valence-electron chi connectivity index (χ3n) is 3.30. The van der Waals surface area contributed by atoms with Gasteiger partial charge in [-0.25, -0.2) is 0 Å². The number of nitrogens with one attached hydrogen (secondary N) is 1. The van der Waals surface area contributed by atoms with E-state index in [1.807, 2.05) is 0 Å². The summed E-state index contributed by atoms with van der Waals surface area (Å²) in [7, 11) is 1.60. The normalized spacial score (nSPS) is 17.1. The van der Waals surface area contributed by atoms with Crippen molar-refractivity contribution >= 4 is 5.91 Å². The van der Waals surface area contributed by atoms with Gasteiger partial charge in [0, 0.05) is 17.6 Å². The van der Waals surface area contributed by atoms with E-state index in [-0.39, 0.29) is 11.4 Å². The molecule has 1 aromatic rings. The number of hydrogen-bond donors (Lipinski definition) is 2. The molecule has 0 unspecified atom stereocenters. The summed E-state index contributed by atoms with van der Waals surface area (Å²) in [5.74, 6) is 0.667. The molecule has 0 aromatic heterocycles. The molecule has 0 atom stereocenters. The zero-order valence-electron chi connectivity index (χ0n) is 10.0. The predicted molar refractivity (Wildman–Crippen MR) is 66.1 cm³/mol. The Balaban J connectivity index is 1.90. The number of nitrogens with two attached hydrogens (primary N) is 1. The lowest BCUT2D eigenvalue weighted by Crippen LogP contribution is -2.54. The molecule has 0 saturated heterocycles. The molecule has 2 rings (SSSR count). The summed E-state index contributed by atoms with van der Waals surface area (Å²) >= 11 is 0. The second-order valence-electron chi connectivity index (χ2n) is 4.63. The number of methoxy groups -OCH3 is 1. The first kappa shape index (κ1) is 11.9. The number of carbonyl (C=O) groups excluding carboxylic acids is 1. The van der Waals surface area contributed by atoms with Crippen LogP contribution in [0.2, 0.25) is 0 Å². The van der Waals surface area contributed by atoms with Gasteiger partial charge in [-0.15, -0.1) is 0 Å². The standard InChI is InChI=1S/C13H18N2O2/c1-17-11-5-3-10(4-6-11)12(16)15-9-13(14)7-2-8-13/h3-6H,2,7-9,14H2,1H3,(H,15,16). The fraction of sp³-hybridized carbons (Fsp3) is 0.462. The van der Waals surface area contributed by atoms with Crippen LogP contribution in [0.15, 0.2) is 24.3 Å². The minimum absolute atomic E-state index is 0.0793. The maximum absolute atomic E-state index is 11.8. The van der Waals surface area contributed by atoms with E-state index in [2.05, 4.69) is 5.32 Å². The highest BCUT2D eigenvalue weighted by Gasteiger charge is 2.32. The van der Waals surface area contributed by atoms with E-state index < -0.39 is 0 Å². The summed E-state index contributed by atoms with van der Waals surface area (Å²) in [6.07, 6.45) is 3.15. The van der Waals surface area contributed by atoms with Crippen LogP contribution in [0.5, 0.6) is 5.75 Å². The Hall–Kier alpha value is -1.55. The summed E-state index contributed by atoms with van der Waals surface area (Å²) < 4.78 is 5.04. The molecular formula is C13H18N2O2. The first-order chi connectivity index (χ1) is 8.13. The van der Waals surface area contributed by atoms with E-state index in [4.69, 9.17) is 10.5 Å². The van der Waals surface area contributed by atoms with Crippen molar-refractivity contribution in [1.82, 2.24) is 5.32 Å².